The van der Waals surface area contributed by atoms with Gasteiger partial charge in [-0.1, -0.05) is 86.6 Å². The van der Waals surface area contributed by atoms with Crippen molar-refractivity contribution >= 4 is 109 Å². The smallest absolute Gasteiger partial charge is 0.224 e. The zero-order valence-corrected chi connectivity index (χ0v) is 40.3. The Morgan fingerprint density at radius 3 is 1.73 bits per heavy atom. The van der Waals surface area contributed by atoms with Crippen LogP contribution in [0.2, 0.25) is 20.1 Å². The Hall–Kier alpha value is -3.13. The van der Waals surface area contributed by atoms with Crippen molar-refractivity contribution in [1.82, 2.24) is 10.2 Å². The summed E-state index contributed by atoms with van der Waals surface area (Å²) in [6.45, 7) is 10.4. The predicted octanol–water partition coefficient (Wildman–Crippen LogP) is 10.8. The fraction of sp³-hybridized carbons (Fsp3) is 0.435. The van der Waals surface area contributed by atoms with Crippen LogP contribution in [0.25, 0.3) is 0 Å². The minimum Gasteiger partial charge on any atom is -0.493 e. The minimum absolute atomic E-state index is 0. The Kier molecular flexibility index (Phi) is 20.9. The summed E-state index contributed by atoms with van der Waals surface area (Å²) < 4.78 is 11.5. The molecule has 336 valence electrons. The van der Waals surface area contributed by atoms with Gasteiger partial charge in [-0.15, -0.1) is 12.4 Å². The molecule has 0 spiro atoms. The highest BCUT2D eigenvalue weighted by atomic mass is 79.9. The van der Waals surface area contributed by atoms with E-state index in [1.165, 1.54) is 11.1 Å². The first-order valence-corrected chi connectivity index (χ1v) is 23.8. The molecule has 0 bridgehead atoms. The third-order valence-corrected chi connectivity index (χ3v) is 13.0. The van der Waals surface area contributed by atoms with Gasteiger partial charge in [0, 0.05) is 87.5 Å². The molecule has 4 heterocycles. The fourth-order valence-electron chi connectivity index (χ4n) is 7.60. The molecule has 16 heteroatoms. The van der Waals surface area contributed by atoms with Crippen molar-refractivity contribution in [2.75, 3.05) is 97.9 Å². The van der Waals surface area contributed by atoms with Gasteiger partial charge in [-0.2, -0.15) is 0 Å². The zero-order valence-electron chi connectivity index (χ0n) is 34.8. The van der Waals surface area contributed by atoms with Gasteiger partial charge >= 0.3 is 0 Å². The maximum atomic E-state index is 11.6. The fourth-order valence-corrected chi connectivity index (χ4v) is 8.66. The van der Waals surface area contributed by atoms with Crippen molar-refractivity contribution in [2.24, 2.45) is 0 Å². The van der Waals surface area contributed by atoms with Crippen LogP contribution >= 0.6 is 74.7 Å². The molecular formula is C46H56BrCl5N6O4. The molecule has 2 saturated heterocycles. The van der Waals surface area contributed by atoms with Crippen molar-refractivity contribution in [3.63, 3.8) is 0 Å². The lowest BCUT2D eigenvalue weighted by molar-refractivity contribution is -0.117. The second kappa shape index (κ2) is 26.0. The van der Waals surface area contributed by atoms with E-state index >= 15 is 0 Å². The van der Waals surface area contributed by atoms with Gasteiger partial charge in [-0.05, 0) is 99.1 Å². The molecule has 62 heavy (non-hydrogen) atoms. The van der Waals surface area contributed by atoms with Crippen molar-refractivity contribution in [3.05, 3.63) is 104 Å². The summed E-state index contributed by atoms with van der Waals surface area (Å²) in [6.07, 6.45) is 6.93. The number of ether oxygens (including phenoxy) is 2. The molecule has 4 aliphatic heterocycles. The number of amides is 2. The van der Waals surface area contributed by atoms with E-state index in [2.05, 4.69) is 52.6 Å². The highest BCUT2D eigenvalue weighted by Gasteiger charge is 2.20. The zero-order chi connectivity index (χ0) is 43.0. The van der Waals surface area contributed by atoms with Gasteiger partial charge in [-0.25, -0.2) is 0 Å². The van der Waals surface area contributed by atoms with Crippen LogP contribution in [0.4, 0.5) is 22.7 Å². The topological polar surface area (TPSA) is 98.4 Å². The van der Waals surface area contributed by atoms with Crippen molar-refractivity contribution in [2.45, 2.75) is 51.4 Å². The number of carbonyl (C=O) groups is 2. The summed E-state index contributed by atoms with van der Waals surface area (Å²) in [6, 6.07) is 23.5. The molecule has 0 unspecified atom stereocenters. The third kappa shape index (κ3) is 15.0. The van der Waals surface area contributed by atoms with E-state index in [0.717, 1.165) is 137 Å². The average molecular weight is 1010 g/mol. The number of anilines is 4. The number of rotatable bonds is 11. The van der Waals surface area contributed by atoms with Gasteiger partial charge in [0.2, 0.25) is 11.8 Å². The molecular weight excluding hydrogens is 958 g/mol. The van der Waals surface area contributed by atoms with Crippen LogP contribution in [0.3, 0.4) is 0 Å². The number of alkyl halides is 1. The van der Waals surface area contributed by atoms with Gasteiger partial charge < -0.3 is 40.1 Å². The highest BCUT2D eigenvalue weighted by molar-refractivity contribution is 9.09. The van der Waals surface area contributed by atoms with Gasteiger partial charge in [0.05, 0.1) is 44.7 Å². The number of halogens is 6. The van der Waals surface area contributed by atoms with Crippen LogP contribution in [0.5, 0.6) is 11.5 Å². The van der Waals surface area contributed by atoms with Crippen LogP contribution in [0.15, 0.2) is 72.8 Å². The lowest BCUT2D eigenvalue weighted by Crippen LogP contribution is -2.32. The largest absolute Gasteiger partial charge is 0.493 e. The molecule has 4 aromatic rings. The number of benzene rings is 4. The molecule has 0 atom stereocenters. The molecule has 4 aliphatic rings. The normalized spacial score (nSPS) is 16.3. The molecule has 3 N–H and O–H groups in total. The second-order valence-corrected chi connectivity index (χ2v) is 17.6. The Bertz CT molecular complexity index is 2070. The predicted molar refractivity (Wildman–Crippen MR) is 264 cm³/mol. The molecule has 2 amide bonds. The maximum Gasteiger partial charge on any atom is 0.224 e. The second-order valence-electron chi connectivity index (χ2n) is 15.2. The van der Waals surface area contributed by atoms with E-state index < -0.39 is 0 Å². The van der Waals surface area contributed by atoms with Gasteiger partial charge in [0.15, 0.2) is 0 Å². The van der Waals surface area contributed by atoms with Crippen LogP contribution in [-0.4, -0.2) is 94.2 Å². The van der Waals surface area contributed by atoms with E-state index in [0.29, 0.717) is 46.1 Å². The van der Waals surface area contributed by atoms with Gasteiger partial charge in [0.25, 0.3) is 0 Å². The van der Waals surface area contributed by atoms with Gasteiger partial charge in [0.1, 0.15) is 11.5 Å². The number of fused-ring (bicyclic) bond motifs is 2. The van der Waals surface area contributed by atoms with E-state index in [-0.39, 0.29) is 24.2 Å². The minimum atomic E-state index is 0. The first kappa shape index (κ1) is 49.9. The molecule has 0 aliphatic carbocycles. The summed E-state index contributed by atoms with van der Waals surface area (Å²) in [5, 5.41) is 12.6. The number of nitrogens with zero attached hydrogens (tertiary/aromatic N) is 3. The number of aryl methyl sites for hydroxylation is 2. The Morgan fingerprint density at radius 1 is 0.597 bits per heavy atom. The molecule has 0 saturated carbocycles. The maximum absolute atomic E-state index is 11.6. The Balaban J connectivity index is 0.000000192. The first-order valence-electron chi connectivity index (χ1n) is 21.2. The summed E-state index contributed by atoms with van der Waals surface area (Å²) in [7, 11) is 0. The first-order chi connectivity index (χ1) is 29.7. The van der Waals surface area contributed by atoms with Gasteiger partial charge in [-0.3, -0.25) is 9.59 Å². The Labute approximate surface area is 400 Å². The molecule has 8 rings (SSSR count). The van der Waals surface area contributed by atoms with Crippen molar-refractivity contribution in [3.8, 4) is 11.5 Å². The SMILES string of the molecule is Cl.Clc1cccc(N2CCCNCC2)c1Cl.O=C1CCc2ccc(OCCCBr)cc2N1.O=C1CCc2ccc(OCCCN3CCCN(c4cccc(Cl)c4Cl)CC3)cc2N1. The van der Waals surface area contributed by atoms with E-state index in [1.54, 1.807) is 0 Å². The number of carbonyl (C=O) groups excluding carboxylic acids is 2. The van der Waals surface area contributed by atoms with E-state index in [9.17, 15) is 9.59 Å². The number of hydrogen-bond donors (Lipinski definition) is 3. The highest BCUT2D eigenvalue weighted by Crippen LogP contribution is 2.34. The van der Waals surface area contributed by atoms with Crippen molar-refractivity contribution < 1.29 is 19.1 Å². The number of hydrogen-bond acceptors (Lipinski definition) is 8. The van der Waals surface area contributed by atoms with E-state index in [4.69, 9.17) is 55.9 Å². The van der Waals surface area contributed by atoms with Crippen molar-refractivity contribution in [1.29, 1.82) is 0 Å². The molecule has 0 aromatic heterocycles. The number of nitrogens with one attached hydrogen (secondary N) is 3. The van der Waals surface area contributed by atoms with E-state index in [1.807, 2.05) is 66.7 Å². The van der Waals surface area contributed by atoms with Crippen LogP contribution in [0, 0.1) is 0 Å². The quantitative estimate of drug-likeness (QED) is 0.101. The lowest BCUT2D eigenvalue weighted by Gasteiger charge is -2.25. The Morgan fingerprint density at radius 2 is 1.15 bits per heavy atom. The van der Waals surface area contributed by atoms with Crippen LogP contribution < -0.4 is 35.2 Å². The summed E-state index contributed by atoms with van der Waals surface area (Å²) in [4.78, 5) is 29.9. The summed E-state index contributed by atoms with van der Waals surface area (Å²) in [5.74, 6) is 1.80. The molecule has 10 nitrogen and oxygen atoms in total. The van der Waals surface area contributed by atoms with Crippen LogP contribution in [0.1, 0.15) is 49.7 Å². The molecule has 0 radical (unpaired) electrons. The summed E-state index contributed by atoms with van der Waals surface area (Å²) >= 11 is 28.1. The third-order valence-electron chi connectivity index (χ3n) is 10.9. The summed E-state index contributed by atoms with van der Waals surface area (Å²) in [5.41, 5.74) is 6.22. The monoisotopic (exact) mass is 1010 g/mol. The molecule has 4 aromatic carbocycles. The lowest BCUT2D eigenvalue weighted by atomic mass is 10.0. The van der Waals surface area contributed by atoms with Crippen LogP contribution in [-0.2, 0) is 22.4 Å². The standard InChI is InChI=1S/C23H27Cl2N3O2.C12H14BrNO2.C11H14Cl2N2.ClH/c24-19-4-1-5-21(23(19)25)28-12-2-10-27(13-14-28)11-3-15-30-18-8-6-17-7-9-22(29)26-20(17)16-18;13-6-1-7-16-10-4-2-9-3-5-12(15)14-11(9)8-10;12-9-3-1-4-10(11(9)13)15-7-2-5-14-6-8-15;/h1,4-6,8,16H,2-3,7,9-15H2,(H,26,29);2,4,8H,1,3,5-7H2,(H,14,15);1,3-4,14H,2,5-8H2;1H. The average Bonchev–Trinajstić information content (AvgIpc) is 3.69. The molecule has 2 fully saturated rings.